The van der Waals surface area contributed by atoms with Gasteiger partial charge in [-0.15, -0.1) is 0 Å². The van der Waals surface area contributed by atoms with Crippen molar-refractivity contribution in [2.45, 2.75) is 38.2 Å². The lowest BCUT2D eigenvalue weighted by atomic mass is 10.1. The Hall–Kier alpha value is -1.16. The zero-order chi connectivity index (χ0) is 11.0. The van der Waals surface area contributed by atoms with Crippen molar-refractivity contribution >= 4 is 5.82 Å². The molecule has 0 spiro atoms. The molecule has 1 saturated heterocycles. The van der Waals surface area contributed by atoms with Crippen LogP contribution < -0.4 is 4.90 Å². The Balaban J connectivity index is 1.95. The summed E-state index contributed by atoms with van der Waals surface area (Å²) in [6.07, 6.45) is 6.77. The van der Waals surface area contributed by atoms with E-state index in [0.29, 0.717) is 0 Å². The third-order valence-electron chi connectivity index (χ3n) is 3.59. The maximum atomic E-state index is 9.80. The van der Waals surface area contributed by atoms with E-state index in [9.17, 15) is 5.11 Å². The molecule has 1 aromatic heterocycles. The van der Waals surface area contributed by atoms with Crippen molar-refractivity contribution in [2.75, 3.05) is 18.0 Å². The lowest BCUT2D eigenvalue weighted by Gasteiger charge is -2.29. The Bertz CT molecular complexity index is 388. The topological polar surface area (TPSA) is 49.3 Å². The summed E-state index contributed by atoms with van der Waals surface area (Å²) < 4.78 is 0. The van der Waals surface area contributed by atoms with Gasteiger partial charge in [0.05, 0.1) is 11.8 Å². The van der Waals surface area contributed by atoms with Crippen LogP contribution in [0.25, 0.3) is 0 Å². The van der Waals surface area contributed by atoms with E-state index >= 15 is 0 Å². The quantitative estimate of drug-likeness (QED) is 0.776. The van der Waals surface area contributed by atoms with Gasteiger partial charge in [-0.25, -0.2) is 9.97 Å². The van der Waals surface area contributed by atoms with Crippen molar-refractivity contribution in [1.82, 2.24) is 9.97 Å². The standard InChI is InChI=1S/C12H17N3O/c16-10-5-4-9-11(10)13-8-14-12(9)15-6-2-1-3-7-15/h8,10,16H,1-7H2. The van der Waals surface area contributed by atoms with Gasteiger partial charge in [0.25, 0.3) is 0 Å². The summed E-state index contributed by atoms with van der Waals surface area (Å²) in [5.41, 5.74) is 2.03. The monoisotopic (exact) mass is 219 g/mol. The average molecular weight is 219 g/mol. The molecule has 0 saturated carbocycles. The van der Waals surface area contributed by atoms with Crippen LogP contribution >= 0.6 is 0 Å². The number of fused-ring (bicyclic) bond motifs is 1. The predicted molar refractivity (Wildman–Crippen MR) is 61.4 cm³/mol. The summed E-state index contributed by atoms with van der Waals surface area (Å²) >= 11 is 0. The van der Waals surface area contributed by atoms with E-state index in [4.69, 9.17) is 0 Å². The molecule has 0 radical (unpaired) electrons. The summed E-state index contributed by atoms with van der Waals surface area (Å²) in [5.74, 6) is 1.07. The van der Waals surface area contributed by atoms with Crippen LogP contribution in [0.4, 0.5) is 5.82 Å². The Morgan fingerprint density at radius 3 is 2.81 bits per heavy atom. The minimum atomic E-state index is -0.374. The molecule has 4 nitrogen and oxygen atoms in total. The summed E-state index contributed by atoms with van der Waals surface area (Å²) in [7, 11) is 0. The Morgan fingerprint density at radius 2 is 2.00 bits per heavy atom. The molecule has 1 fully saturated rings. The first-order chi connectivity index (χ1) is 7.86. The van der Waals surface area contributed by atoms with Crippen LogP contribution in [0.3, 0.4) is 0 Å². The molecule has 1 unspecified atom stereocenters. The highest BCUT2D eigenvalue weighted by molar-refractivity contribution is 5.51. The van der Waals surface area contributed by atoms with Gasteiger partial charge in [-0.3, -0.25) is 0 Å². The number of hydrogen-bond acceptors (Lipinski definition) is 4. The molecule has 3 rings (SSSR count). The minimum absolute atomic E-state index is 0.374. The molecule has 1 aromatic rings. The molecule has 0 aromatic carbocycles. The maximum Gasteiger partial charge on any atom is 0.135 e. The molecule has 1 aliphatic heterocycles. The van der Waals surface area contributed by atoms with E-state index < -0.39 is 0 Å². The molecule has 1 N–H and O–H groups in total. The number of nitrogens with zero attached hydrogens (tertiary/aromatic N) is 3. The van der Waals surface area contributed by atoms with Gasteiger partial charge in [0.1, 0.15) is 12.1 Å². The molecule has 0 amide bonds. The van der Waals surface area contributed by atoms with Crippen LogP contribution in [0.2, 0.25) is 0 Å². The van der Waals surface area contributed by atoms with Crippen molar-refractivity contribution in [3.05, 3.63) is 17.6 Å². The first-order valence-corrected chi connectivity index (χ1v) is 6.13. The van der Waals surface area contributed by atoms with E-state index in [1.165, 1.54) is 24.8 Å². The molecule has 2 heterocycles. The molecule has 1 aliphatic carbocycles. The van der Waals surface area contributed by atoms with Crippen molar-refractivity contribution in [1.29, 1.82) is 0 Å². The van der Waals surface area contributed by atoms with Crippen LogP contribution in [0.15, 0.2) is 6.33 Å². The Labute approximate surface area is 95.3 Å². The largest absolute Gasteiger partial charge is 0.387 e. The fraction of sp³-hybridized carbons (Fsp3) is 0.667. The lowest BCUT2D eigenvalue weighted by molar-refractivity contribution is 0.175. The second kappa shape index (κ2) is 4.01. The van der Waals surface area contributed by atoms with Gasteiger partial charge in [0.15, 0.2) is 0 Å². The number of aliphatic hydroxyl groups is 1. The highest BCUT2D eigenvalue weighted by Crippen LogP contribution is 2.34. The third-order valence-corrected chi connectivity index (χ3v) is 3.59. The van der Waals surface area contributed by atoms with Crippen molar-refractivity contribution in [3.63, 3.8) is 0 Å². The van der Waals surface area contributed by atoms with Crippen molar-refractivity contribution in [3.8, 4) is 0 Å². The van der Waals surface area contributed by atoms with Gasteiger partial charge < -0.3 is 10.0 Å². The Morgan fingerprint density at radius 1 is 1.19 bits per heavy atom. The Kier molecular flexibility index (Phi) is 2.52. The zero-order valence-corrected chi connectivity index (χ0v) is 9.39. The summed E-state index contributed by atoms with van der Waals surface area (Å²) in [6.45, 7) is 2.19. The maximum absolute atomic E-state index is 9.80. The molecule has 86 valence electrons. The second-order valence-electron chi connectivity index (χ2n) is 4.66. The van der Waals surface area contributed by atoms with Gasteiger partial charge in [0, 0.05) is 18.7 Å². The SMILES string of the molecule is OC1CCc2c1ncnc2N1CCCCC1. The molecule has 16 heavy (non-hydrogen) atoms. The fourth-order valence-corrected chi connectivity index (χ4v) is 2.74. The van der Waals surface area contributed by atoms with Crippen LogP contribution in [-0.4, -0.2) is 28.2 Å². The van der Waals surface area contributed by atoms with Crippen LogP contribution in [-0.2, 0) is 6.42 Å². The normalized spacial score (nSPS) is 24.6. The average Bonchev–Trinajstić information content (AvgIpc) is 2.73. The van der Waals surface area contributed by atoms with Crippen molar-refractivity contribution < 1.29 is 5.11 Å². The van der Waals surface area contributed by atoms with Crippen LogP contribution in [0.5, 0.6) is 0 Å². The van der Waals surface area contributed by atoms with E-state index in [1.54, 1.807) is 6.33 Å². The van der Waals surface area contributed by atoms with E-state index in [0.717, 1.165) is 37.4 Å². The summed E-state index contributed by atoms with van der Waals surface area (Å²) in [5, 5.41) is 9.80. The van der Waals surface area contributed by atoms with E-state index in [2.05, 4.69) is 14.9 Å². The molecule has 2 aliphatic rings. The molecular formula is C12H17N3O. The van der Waals surface area contributed by atoms with E-state index in [-0.39, 0.29) is 6.10 Å². The number of piperidine rings is 1. The number of anilines is 1. The first-order valence-electron chi connectivity index (χ1n) is 6.13. The van der Waals surface area contributed by atoms with E-state index in [1.807, 2.05) is 0 Å². The number of aliphatic hydroxyl groups excluding tert-OH is 1. The van der Waals surface area contributed by atoms with Gasteiger partial charge in [-0.2, -0.15) is 0 Å². The third kappa shape index (κ3) is 1.57. The number of aromatic nitrogens is 2. The lowest BCUT2D eigenvalue weighted by Crippen LogP contribution is -2.31. The smallest absolute Gasteiger partial charge is 0.135 e. The predicted octanol–water partition coefficient (Wildman–Crippen LogP) is 1.45. The van der Waals surface area contributed by atoms with Crippen LogP contribution in [0, 0.1) is 0 Å². The second-order valence-corrected chi connectivity index (χ2v) is 4.66. The first kappa shape index (κ1) is 10.0. The molecule has 4 heteroatoms. The highest BCUT2D eigenvalue weighted by atomic mass is 16.3. The molecular weight excluding hydrogens is 202 g/mol. The summed E-state index contributed by atoms with van der Waals surface area (Å²) in [6, 6.07) is 0. The van der Waals surface area contributed by atoms with Crippen LogP contribution in [0.1, 0.15) is 43.0 Å². The summed E-state index contributed by atoms with van der Waals surface area (Å²) in [4.78, 5) is 11.0. The van der Waals surface area contributed by atoms with Gasteiger partial charge in [-0.1, -0.05) is 0 Å². The number of rotatable bonds is 1. The minimum Gasteiger partial charge on any atom is -0.387 e. The molecule has 0 bridgehead atoms. The highest BCUT2D eigenvalue weighted by Gasteiger charge is 2.27. The van der Waals surface area contributed by atoms with Gasteiger partial charge in [-0.05, 0) is 32.1 Å². The van der Waals surface area contributed by atoms with Gasteiger partial charge in [0.2, 0.25) is 0 Å². The molecule has 1 atom stereocenters. The number of hydrogen-bond donors (Lipinski definition) is 1. The van der Waals surface area contributed by atoms with Crippen molar-refractivity contribution in [2.24, 2.45) is 0 Å². The fourth-order valence-electron chi connectivity index (χ4n) is 2.74. The zero-order valence-electron chi connectivity index (χ0n) is 9.39. The van der Waals surface area contributed by atoms with Gasteiger partial charge >= 0.3 is 0 Å².